The van der Waals surface area contributed by atoms with Gasteiger partial charge in [0.25, 0.3) is 5.91 Å². The molecule has 0 radical (unpaired) electrons. The summed E-state index contributed by atoms with van der Waals surface area (Å²) in [5.74, 6) is 0.143. The zero-order valence-corrected chi connectivity index (χ0v) is 14.9. The molecule has 1 aromatic carbocycles. The average molecular weight is 366 g/mol. The number of amides is 1. The summed E-state index contributed by atoms with van der Waals surface area (Å²) in [4.78, 5) is 22.2. The molecule has 1 amide bonds. The molecule has 0 unspecified atom stereocenters. The minimum absolute atomic E-state index is 0.129. The molecule has 0 fully saturated rings. The molecular weight excluding hydrogens is 345 g/mol. The van der Waals surface area contributed by atoms with Crippen LogP contribution < -0.4 is 5.32 Å². The maximum Gasteiger partial charge on any atom is 0.418 e. The van der Waals surface area contributed by atoms with E-state index in [4.69, 9.17) is 0 Å². The first-order chi connectivity index (χ1) is 12.2. The second-order valence-electron chi connectivity index (χ2n) is 5.93. The first-order valence-corrected chi connectivity index (χ1v) is 8.26. The Balaban J connectivity index is 2.30. The smallest absolute Gasteiger partial charge is 0.340 e. The fourth-order valence-electron chi connectivity index (χ4n) is 2.41. The number of hydrogen-bond acceptors (Lipinski definition) is 4. The normalized spacial score (nSPS) is 11.3. The van der Waals surface area contributed by atoms with Crippen molar-refractivity contribution in [2.24, 2.45) is 0 Å². The lowest BCUT2D eigenvalue weighted by atomic mass is 10.1. The van der Waals surface area contributed by atoms with E-state index < -0.39 is 11.7 Å². The van der Waals surface area contributed by atoms with Crippen LogP contribution in [-0.2, 0) is 6.18 Å². The summed E-state index contributed by atoms with van der Waals surface area (Å²) in [5.41, 5.74) is -0.789. The number of aromatic nitrogens is 2. The van der Waals surface area contributed by atoms with Crippen molar-refractivity contribution in [1.29, 1.82) is 0 Å². The van der Waals surface area contributed by atoms with Crippen LogP contribution in [0.1, 0.15) is 41.6 Å². The van der Waals surface area contributed by atoms with E-state index in [2.05, 4.69) is 15.3 Å². The molecule has 26 heavy (non-hydrogen) atoms. The lowest BCUT2D eigenvalue weighted by Crippen LogP contribution is -2.28. The molecule has 0 saturated carbocycles. The highest BCUT2D eigenvalue weighted by molar-refractivity contribution is 5.93. The van der Waals surface area contributed by atoms with Crippen molar-refractivity contribution in [2.75, 3.05) is 18.9 Å². The SMILES string of the molecule is CCCCN(C)C(=O)c1cc(Nc2ccccc2C(F)(F)F)nc(C)n1. The zero-order chi connectivity index (χ0) is 19.3. The van der Waals surface area contributed by atoms with Gasteiger partial charge in [-0.3, -0.25) is 4.79 Å². The molecule has 0 spiro atoms. The first kappa shape index (κ1) is 19.7. The van der Waals surface area contributed by atoms with E-state index in [1.807, 2.05) is 6.92 Å². The number of benzene rings is 1. The largest absolute Gasteiger partial charge is 0.418 e. The minimum Gasteiger partial charge on any atom is -0.340 e. The number of hydrogen-bond donors (Lipinski definition) is 1. The van der Waals surface area contributed by atoms with Crippen LogP contribution >= 0.6 is 0 Å². The minimum atomic E-state index is -4.50. The van der Waals surface area contributed by atoms with Crippen LogP contribution in [-0.4, -0.2) is 34.4 Å². The standard InChI is InChI=1S/C18H21F3N4O/c1-4-5-10-25(3)17(26)15-11-16(23-12(2)22-15)24-14-9-7-6-8-13(14)18(19,20)21/h6-9,11H,4-5,10H2,1-3H3,(H,22,23,24). The third kappa shape index (κ3) is 4.93. The molecule has 8 heteroatoms. The number of rotatable bonds is 6. The zero-order valence-electron chi connectivity index (χ0n) is 14.9. The molecule has 0 atom stereocenters. The van der Waals surface area contributed by atoms with Crippen LogP contribution in [0.4, 0.5) is 24.7 Å². The lowest BCUT2D eigenvalue weighted by Gasteiger charge is -2.17. The van der Waals surface area contributed by atoms with Gasteiger partial charge in [-0.1, -0.05) is 25.5 Å². The van der Waals surface area contributed by atoms with Gasteiger partial charge in [0.05, 0.1) is 11.3 Å². The molecule has 2 rings (SSSR count). The van der Waals surface area contributed by atoms with Gasteiger partial charge in [-0.2, -0.15) is 13.2 Å². The number of halogens is 3. The summed E-state index contributed by atoms with van der Waals surface area (Å²) in [7, 11) is 1.67. The van der Waals surface area contributed by atoms with Gasteiger partial charge in [-0.25, -0.2) is 9.97 Å². The number of nitrogens with zero attached hydrogens (tertiary/aromatic N) is 3. The van der Waals surface area contributed by atoms with Gasteiger partial charge in [-0.05, 0) is 25.5 Å². The summed E-state index contributed by atoms with van der Waals surface area (Å²) in [6.45, 7) is 4.19. The van der Waals surface area contributed by atoms with E-state index in [9.17, 15) is 18.0 Å². The predicted octanol–water partition coefficient (Wildman–Crippen LogP) is 4.42. The van der Waals surface area contributed by atoms with Crippen molar-refractivity contribution in [1.82, 2.24) is 14.9 Å². The fourth-order valence-corrected chi connectivity index (χ4v) is 2.41. The molecule has 0 bridgehead atoms. The van der Waals surface area contributed by atoms with E-state index >= 15 is 0 Å². The third-order valence-corrected chi connectivity index (χ3v) is 3.75. The van der Waals surface area contributed by atoms with E-state index in [1.165, 1.54) is 24.3 Å². The number of para-hydroxylation sites is 1. The van der Waals surface area contributed by atoms with Crippen molar-refractivity contribution in [3.8, 4) is 0 Å². The third-order valence-electron chi connectivity index (χ3n) is 3.75. The predicted molar refractivity (Wildman–Crippen MR) is 93.4 cm³/mol. The molecule has 2 aromatic rings. The topological polar surface area (TPSA) is 58.1 Å². The van der Waals surface area contributed by atoms with Gasteiger partial charge < -0.3 is 10.2 Å². The monoisotopic (exact) mass is 366 g/mol. The Bertz CT molecular complexity index is 777. The highest BCUT2D eigenvalue weighted by atomic mass is 19.4. The van der Waals surface area contributed by atoms with Crippen LogP contribution in [0.15, 0.2) is 30.3 Å². The number of anilines is 2. The first-order valence-electron chi connectivity index (χ1n) is 8.26. The highest BCUT2D eigenvalue weighted by Crippen LogP contribution is 2.35. The molecule has 140 valence electrons. The van der Waals surface area contributed by atoms with E-state index in [0.717, 1.165) is 18.9 Å². The molecular formula is C18H21F3N4O. The van der Waals surface area contributed by atoms with E-state index in [1.54, 1.807) is 18.9 Å². The van der Waals surface area contributed by atoms with Crippen LogP contribution in [0, 0.1) is 6.92 Å². The van der Waals surface area contributed by atoms with Gasteiger partial charge >= 0.3 is 6.18 Å². The summed E-state index contributed by atoms with van der Waals surface area (Å²) in [6, 6.07) is 6.48. The molecule has 0 aliphatic rings. The number of carbonyl (C=O) groups excluding carboxylic acids is 1. The number of unbranched alkanes of at least 4 members (excludes halogenated alkanes) is 1. The molecule has 5 nitrogen and oxygen atoms in total. The van der Waals surface area contributed by atoms with Crippen molar-refractivity contribution >= 4 is 17.4 Å². The van der Waals surface area contributed by atoms with Crippen molar-refractivity contribution in [2.45, 2.75) is 32.9 Å². The Morgan fingerprint density at radius 3 is 2.58 bits per heavy atom. The molecule has 0 aliphatic carbocycles. The van der Waals surface area contributed by atoms with E-state index in [0.29, 0.717) is 12.4 Å². The van der Waals surface area contributed by atoms with Crippen molar-refractivity contribution < 1.29 is 18.0 Å². The van der Waals surface area contributed by atoms with Gasteiger partial charge in [0, 0.05) is 19.7 Å². The Morgan fingerprint density at radius 1 is 1.23 bits per heavy atom. The number of carbonyl (C=O) groups is 1. The molecule has 1 aromatic heterocycles. The van der Waals surface area contributed by atoms with Gasteiger partial charge in [0.1, 0.15) is 17.3 Å². The fraction of sp³-hybridized carbons (Fsp3) is 0.389. The maximum absolute atomic E-state index is 13.1. The van der Waals surface area contributed by atoms with Crippen LogP contribution in [0.5, 0.6) is 0 Å². The van der Waals surface area contributed by atoms with Crippen molar-refractivity contribution in [3.05, 3.63) is 47.4 Å². The summed E-state index contributed by atoms with van der Waals surface area (Å²) in [5, 5.41) is 2.66. The quantitative estimate of drug-likeness (QED) is 0.822. The second kappa shape index (κ2) is 8.16. The lowest BCUT2D eigenvalue weighted by molar-refractivity contribution is -0.136. The average Bonchev–Trinajstić information content (AvgIpc) is 2.58. The number of nitrogens with one attached hydrogen (secondary N) is 1. The highest BCUT2D eigenvalue weighted by Gasteiger charge is 2.33. The second-order valence-corrected chi connectivity index (χ2v) is 5.93. The van der Waals surface area contributed by atoms with Gasteiger partial charge in [0.15, 0.2) is 0 Å². The van der Waals surface area contributed by atoms with Crippen LogP contribution in [0.25, 0.3) is 0 Å². The molecule has 1 N–H and O–H groups in total. The molecule has 0 aliphatic heterocycles. The summed E-state index contributed by atoms with van der Waals surface area (Å²) < 4.78 is 39.4. The molecule has 0 saturated heterocycles. The van der Waals surface area contributed by atoms with Gasteiger partial charge in [-0.15, -0.1) is 0 Å². The number of aryl methyl sites for hydroxylation is 1. The Labute approximate surface area is 150 Å². The van der Waals surface area contributed by atoms with Crippen molar-refractivity contribution in [3.63, 3.8) is 0 Å². The van der Waals surface area contributed by atoms with Crippen LogP contribution in [0.2, 0.25) is 0 Å². The number of alkyl halides is 3. The summed E-state index contributed by atoms with van der Waals surface area (Å²) in [6.07, 6.45) is -2.69. The Kier molecular flexibility index (Phi) is 6.18. The maximum atomic E-state index is 13.1. The molecule has 1 heterocycles. The Morgan fingerprint density at radius 2 is 1.92 bits per heavy atom. The Hall–Kier alpha value is -2.64. The van der Waals surface area contributed by atoms with Gasteiger partial charge in [0.2, 0.25) is 0 Å². The van der Waals surface area contributed by atoms with Crippen LogP contribution in [0.3, 0.4) is 0 Å². The summed E-state index contributed by atoms with van der Waals surface area (Å²) >= 11 is 0. The van der Waals surface area contributed by atoms with E-state index in [-0.39, 0.29) is 23.1 Å².